The first-order chi connectivity index (χ1) is 9.71. The molecule has 0 aromatic rings. The van der Waals surface area contributed by atoms with Crippen molar-refractivity contribution in [2.75, 3.05) is 13.7 Å². The first kappa shape index (κ1) is 19.0. The molecule has 9 heteroatoms. The van der Waals surface area contributed by atoms with Gasteiger partial charge in [-0.05, 0) is 39.1 Å². The van der Waals surface area contributed by atoms with E-state index in [1.807, 2.05) is 0 Å². The number of rotatable bonds is 7. The van der Waals surface area contributed by atoms with Crippen molar-refractivity contribution < 1.29 is 24.2 Å². The zero-order valence-electron chi connectivity index (χ0n) is 12.7. The standard InChI is InChI=1S/C12H22N4O5/c1-12(2,3)21-11(19)14-7-5-6-8(17)9(15-16-13)10(18)20-4/h8-9,17H,5-7H2,1-4H3,(H,14,19)/t8-,9-/m0/s1. The molecule has 9 nitrogen and oxygen atoms in total. The second-order valence-electron chi connectivity index (χ2n) is 5.31. The highest BCUT2D eigenvalue weighted by atomic mass is 16.6. The molecule has 0 heterocycles. The number of esters is 1. The summed E-state index contributed by atoms with van der Waals surface area (Å²) in [6.45, 7) is 5.50. The molecule has 2 atom stereocenters. The van der Waals surface area contributed by atoms with E-state index < -0.39 is 29.8 Å². The van der Waals surface area contributed by atoms with Gasteiger partial charge in [0.15, 0.2) is 6.04 Å². The summed E-state index contributed by atoms with van der Waals surface area (Å²) in [5.41, 5.74) is 7.77. The van der Waals surface area contributed by atoms with Gasteiger partial charge in [-0.25, -0.2) is 4.79 Å². The third-order valence-electron chi connectivity index (χ3n) is 2.33. The van der Waals surface area contributed by atoms with Gasteiger partial charge < -0.3 is 19.9 Å². The Hall–Kier alpha value is -1.99. The van der Waals surface area contributed by atoms with Gasteiger partial charge in [-0.1, -0.05) is 5.11 Å². The average molecular weight is 302 g/mol. The number of hydrogen-bond acceptors (Lipinski definition) is 6. The molecule has 21 heavy (non-hydrogen) atoms. The number of nitrogens with zero attached hydrogens (tertiary/aromatic N) is 3. The van der Waals surface area contributed by atoms with E-state index in [0.717, 1.165) is 7.11 Å². The lowest BCUT2D eigenvalue weighted by Gasteiger charge is -2.20. The van der Waals surface area contributed by atoms with Crippen LogP contribution < -0.4 is 5.32 Å². The zero-order valence-corrected chi connectivity index (χ0v) is 12.7. The smallest absolute Gasteiger partial charge is 0.407 e. The van der Waals surface area contributed by atoms with Crippen LogP contribution in [0.25, 0.3) is 10.4 Å². The quantitative estimate of drug-likeness (QED) is 0.242. The third-order valence-corrected chi connectivity index (χ3v) is 2.33. The Morgan fingerprint density at radius 2 is 2.05 bits per heavy atom. The number of amides is 1. The average Bonchev–Trinajstić information content (AvgIpc) is 2.37. The second kappa shape index (κ2) is 9.04. The van der Waals surface area contributed by atoms with Crippen molar-refractivity contribution in [3.05, 3.63) is 10.4 Å². The van der Waals surface area contributed by atoms with Crippen LogP contribution in [0.4, 0.5) is 4.79 Å². The van der Waals surface area contributed by atoms with Crippen LogP contribution in [0, 0.1) is 0 Å². The van der Waals surface area contributed by atoms with E-state index in [1.54, 1.807) is 20.8 Å². The molecule has 0 fully saturated rings. The summed E-state index contributed by atoms with van der Waals surface area (Å²) in [5, 5.41) is 15.5. The van der Waals surface area contributed by atoms with Crippen molar-refractivity contribution in [2.24, 2.45) is 5.11 Å². The molecule has 0 rings (SSSR count). The van der Waals surface area contributed by atoms with Gasteiger partial charge >= 0.3 is 12.1 Å². The van der Waals surface area contributed by atoms with Crippen molar-refractivity contribution in [2.45, 2.75) is 51.4 Å². The van der Waals surface area contributed by atoms with Crippen LogP contribution >= 0.6 is 0 Å². The molecule has 0 aromatic carbocycles. The fourth-order valence-electron chi connectivity index (χ4n) is 1.43. The van der Waals surface area contributed by atoms with E-state index in [0.29, 0.717) is 6.42 Å². The highest BCUT2D eigenvalue weighted by Crippen LogP contribution is 2.09. The zero-order chi connectivity index (χ0) is 16.5. The molecular weight excluding hydrogens is 280 g/mol. The van der Waals surface area contributed by atoms with Crippen molar-refractivity contribution in [1.82, 2.24) is 5.32 Å². The van der Waals surface area contributed by atoms with Gasteiger partial charge in [-0.15, -0.1) is 0 Å². The van der Waals surface area contributed by atoms with E-state index in [2.05, 4.69) is 20.1 Å². The lowest BCUT2D eigenvalue weighted by atomic mass is 10.1. The Morgan fingerprint density at radius 1 is 1.43 bits per heavy atom. The van der Waals surface area contributed by atoms with Crippen LogP contribution in [0.3, 0.4) is 0 Å². The summed E-state index contributed by atoms with van der Waals surface area (Å²) in [7, 11) is 1.14. The minimum absolute atomic E-state index is 0.161. The predicted molar refractivity (Wildman–Crippen MR) is 74.4 cm³/mol. The lowest BCUT2D eigenvalue weighted by Crippen LogP contribution is -2.35. The van der Waals surface area contributed by atoms with Gasteiger partial charge in [0.1, 0.15) is 5.60 Å². The van der Waals surface area contributed by atoms with Crippen LogP contribution in [0.2, 0.25) is 0 Å². The number of carbonyl (C=O) groups is 2. The highest BCUT2D eigenvalue weighted by molar-refractivity contribution is 5.76. The maximum atomic E-state index is 11.4. The topological polar surface area (TPSA) is 134 Å². The summed E-state index contributed by atoms with van der Waals surface area (Å²) in [4.78, 5) is 25.2. The van der Waals surface area contributed by atoms with E-state index in [9.17, 15) is 14.7 Å². The number of hydrogen-bond donors (Lipinski definition) is 2. The fraction of sp³-hybridized carbons (Fsp3) is 0.833. The van der Waals surface area contributed by atoms with Gasteiger partial charge in [-0.3, -0.25) is 4.79 Å². The molecular formula is C12H22N4O5. The number of alkyl carbamates (subject to hydrolysis) is 1. The maximum Gasteiger partial charge on any atom is 0.407 e. The molecule has 0 spiro atoms. The monoisotopic (exact) mass is 302 g/mol. The second-order valence-corrected chi connectivity index (χ2v) is 5.31. The predicted octanol–water partition coefficient (Wildman–Crippen LogP) is 1.50. The molecule has 0 saturated carbocycles. The minimum atomic E-state index is -1.29. The van der Waals surface area contributed by atoms with E-state index in [4.69, 9.17) is 10.3 Å². The molecule has 0 aliphatic rings. The first-order valence-electron chi connectivity index (χ1n) is 6.48. The molecule has 0 aliphatic carbocycles. The normalized spacial score (nSPS) is 13.6. The molecule has 0 saturated heterocycles. The number of ether oxygens (including phenoxy) is 2. The Labute approximate surface area is 123 Å². The van der Waals surface area contributed by atoms with Crippen LogP contribution in [-0.4, -0.2) is 48.6 Å². The Bertz CT molecular complexity index is 401. The molecule has 120 valence electrons. The molecule has 0 unspecified atom stereocenters. The number of nitrogens with one attached hydrogen (secondary N) is 1. The van der Waals surface area contributed by atoms with Gasteiger partial charge in [-0.2, -0.15) is 0 Å². The minimum Gasteiger partial charge on any atom is -0.469 e. The summed E-state index contributed by atoms with van der Waals surface area (Å²) in [6.07, 6.45) is -1.19. The Balaban J connectivity index is 4.13. The fourth-order valence-corrected chi connectivity index (χ4v) is 1.43. The van der Waals surface area contributed by atoms with Gasteiger partial charge in [0, 0.05) is 11.5 Å². The summed E-state index contributed by atoms with van der Waals surface area (Å²) in [6, 6.07) is -1.29. The number of carbonyl (C=O) groups excluding carboxylic acids is 2. The van der Waals surface area contributed by atoms with E-state index in [-0.39, 0.29) is 13.0 Å². The molecule has 2 N–H and O–H groups in total. The third kappa shape index (κ3) is 8.72. The highest BCUT2D eigenvalue weighted by Gasteiger charge is 2.26. The van der Waals surface area contributed by atoms with Crippen molar-refractivity contribution >= 4 is 12.1 Å². The van der Waals surface area contributed by atoms with Crippen LogP contribution in [0.1, 0.15) is 33.6 Å². The SMILES string of the molecule is COC(=O)[C@@H](N=[N+]=[N-])[C@@H](O)CCCNC(=O)OC(C)(C)C. The van der Waals surface area contributed by atoms with Crippen molar-refractivity contribution in [3.8, 4) is 0 Å². The van der Waals surface area contributed by atoms with Gasteiger partial charge in [0.05, 0.1) is 13.2 Å². The van der Waals surface area contributed by atoms with Crippen LogP contribution in [0.15, 0.2) is 5.11 Å². The van der Waals surface area contributed by atoms with Crippen molar-refractivity contribution in [3.63, 3.8) is 0 Å². The molecule has 1 amide bonds. The Morgan fingerprint density at radius 3 is 2.52 bits per heavy atom. The molecule has 0 bridgehead atoms. The van der Waals surface area contributed by atoms with Gasteiger partial charge in [0.2, 0.25) is 0 Å². The number of aliphatic hydroxyl groups excluding tert-OH is 1. The first-order valence-corrected chi connectivity index (χ1v) is 6.48. The number of azide groups is 1. The maximum absolute atomic E-state index is 11.4. The lowest BCUT2D eigenvalue weighted by molar-refractivity contribution is -0.144. The molecule has 0 aliphatic heterocycles. The van der Waals surface area contributed by atoms with Crippen LogP contribution in [-0.2, 0) is 14.3 Å². The largest absolute Gasteiger partial charge is 0.469 e. The molecule has 0 radical (unpaired) electrons. The van der Waals surface area contributed by atoms with E-state index in [1.165, 1.54) is 0 Å². The number of methoxy groups -OCH3 is 1. The Kier molecular flexibility index (Phi) is 8.18. The summed E-state index contributed by atoms with van der Waals surface area (Å²) >= 11 is 0. The summed E-state index contributed by atoms with van der Waals surface area (Å²) in [5.74, 6) is -0.805. The van der Waals surface area contributed by atoms with Gasteiger partial charge in [0.25, 0.3) is 0 Å². The molecule has 0 aromatic heterocycles. The number of aliphatic hydroxyl groups is 1. The van der Waals surface area contributed by atoms with E-state index >= 15 is 0 Å². The van der Waals surface area contributed by atoms with Crippen molar-refractivity contribution in [1.29, 1.82) is 0 Å². The summed E-state index contributed by atoms with van der Waals surface area (Å²) < 4.78 is 9.47. The van der Waals surface area contributed by atoms with Crippen LogP contribution in [0.5, 0.6) is 0 Å².